The van der Waals surface area contributed by atoms with Crippen LogP contribution in [0.2, 0.25) is 5.02 Å². The highest BCUT2D eigenvalue weighted by Crippen LogP contribution is 2.45. The van der Waals surface area contributed by atoms with Gasteiger partial charge < -0.3 is 4.74 Å². The summed E-state index contributed by atoms with van der Waals surface area (Å²) in [4.78, 5) is 14.1. The number of ether oxygens (including phenoxy) is 1. The van der Waals surface area contributed by atoms with Crippen LogP contribution >= 0.6 is 27.5 Å². The van der Waals surface area contributed by atoms with Crippen molar-refractivity contribution in [3.8, 4) is 0 Å². The zero-order chi connectivity index (χ0) is 15.8. The number of methoxy groups -OCH3 is 1. The monoisotopic (exact) mass is 371 g/mol. The molecule has 1 atom stereocenters. The molecule has 0 radical (unpaired) electrons. The van der Waals surface area contributed by atoms with Crippen molar-refractivity contribution < 1.29 is 9.53 Å². The molecule has 0 saturated carbocycles. The second-order valence-electron chi connectivity index (χ2n) is 5.76. The third-order valence-corrected chi connectivity index (χ3v) is 5.85. The van der Waals surface area contributed by atoms with Gasteiger partial charge in [-0.05, 0) is 44.9 Å². The van der Waals surface area contributed by atoms with E-state index in [1.54, 1.807) is 4.90 Å². The number of rotatable bonds is 1. The Morgan fingerprint density at radius 2 is 1.95 bits per heavy atom. The third kappa shape index (κ3) is 2.97. The van der Waals surface area contributed by atoms with Crippen LogP contribution in [-0.2, 0) is 4.74 Å². The lowest BCUT2D eigenvalue weighted by atomic mass is 9.85. The molecule has 2 rings (SSSR count). The van der Waals surface area contributed by atoms with Crippen LogP contribution in [0.1, 0.15) is 38.8 Å². The molecule has 21 heavy (non-hydrogen) atoms. The summed E-state index contributed by atoms with van der Waals surface area (Å²) in [6.45, 7) is 6.11. The number of benzene rings is 1. The third-order valence-electron chi connectivity index (χ3n) is 3.95. The van der Waals surface area contributed by atoms with Crippen LogP contribution in [-0.4, -0.2) is 23.6 Å². The first-order valence-electron chi connectivity index (χ1n) is 6.77. The quantitative estimate of drug-likeness (QED) is 0.669. The van der Waals surface area contributed by atoms with Crippen LogP contribution < -0.4 is 0 Å². The summed E-state index contributed by atoms with van der Waals surface area (Å²) in [5.74, 6) is 0. The molecule has 5 heteroatoms. The Labute approximate surface area is 139 Å². The Hall–Kier alpha value is -1.000. The van der Waals surface area contributed by atoms with Gasteiger partial charge in [0.05, 0.1) is 18.7 Å². The average Bonchev–Trinajstić information content (AvgIpc) is 2.44. The number of amides is 1. The Kier molecular flexibility index (Phi) is 4.69. The minimum atomic E-state index is -0.459. The number of halogens is 2. The van der Waals surface area contributed by atoms with Crippen LogP contribution in [0.4, 0.5) is 4.79 Å². The van der Waals surface area contributed by atoms with Gasteiger partial charge in [0, 0.05) is 9.51 Å². The fourth-order valence-electron chi connectivity index (χ4n) is 2.89. The lowest BCUT2D eigenvalue weighted by Crippen LogP contribution is -2.52. The van der Waals surface area contributed by atoms with Crippen molar-refractivity contribution in [2.45, 2.75) is 38.8 Å². The minimum absolute atomic E-state index is 0.0639. The summed E-state index contributed by atoms with van der Waals surface area (Å²) in [6.07, 6.45) is 0.435. The van der Waals surface area contributed by atoms with Gasteiger partial charge in [0.25, 0.3) is 0 Å². The number of hydrogen-bond acceptors (Lipinski definition) is 2. The van der Waals surface area contributed by atoms with Gasteiger partial charge in [-0.3, -0.25) is 4.90 Å². The molecule has 1 amide bonds. The zero-order valence-electron chi connectivity index (χ0n) is 12.6. The molecule has 0 bridgehead atoms. The topological polar surface area (TPSA) is 29.5 Å². The van der Waals surface area contributed by atoms with Crippen LogP contribution in [0, 0.1) is 0 Å². The van der Waals surface area contributed by atoms with Gasteiger partial charge in [0.15, 0.2) is 0 Å². The van der Waals surface area contributed by atoms with Crippen molar-refractivity contribution in [1.29, 1.82) is 0 Å². The van der Waals surface area contributed by atoms with Gasteiger partial charge in [-0.1, -0.05) is 45.2 Å². The maximum absolute atomic E-state index is 12.3. The van der Waals surface area contributed by atoms with E-state index in [4.69, 9.17) is 16.3 Å². The highest BCUT2D eigenvalue weighted by Gasteiger charge is 2.44. The SMILES string of the molecule is COC(=O)N1C(c2ccc(Cl)cc2)CC(C)=C(Br)C1(C)C. The van der Waals surface area contributed by atoms with Crippen molar-refractivity contribution in [3.63, 3.8) is 0 Å². The normalized spacial score (nSPS) is 21.4. The lowest BCUT2D eigenvalue weighted by molar-refractivity contribution is 0.0593. The van der Waals surface area contributed by atoms with Crippen LogP contribution in [0.15, 0.2) is 34.3 Å². The molecule has 0 fully saturated rings. The molecule has 0 aliphatic carbocycles. The lowest BCUT2D eigenvalue weighted by Gasteiger charge is -2.47. The smallest absolute Gasteiger partial charge is 0.410 e. The zero-order valence-corrected chi connectivity index (χ0v) is 15.0. The molecule has 0 aromatic heterocycles. The fraction of sp³-hybridized carbons (Fsp3) is 0.438. The second-order valence-corrected chi connectivity index (χ2v) is 6.99. The van der Waals surface area contributed by atoms with Crippen molar-refractivity contribution >= 4 is 33.6 Å². The van der Waals surface area contributed by atoms with Gasteiger partial charge in [0.1, 0.15) is 0 Å². The van der Waals surface area contributed by atoms with Gasteiger partial charge in [-0.25, -0.2) is 4.79 Å². The maximum Gasteiger partial charge on any atom is 0.410 e. The number of nitrogens with zero attached hydrogens (tertiary/aromatic N) is 1. The van der Waals surface area contributed by atoms with Crippen LogP contribution in [0.3, 0.4) is 0 Å². The van der Waals surface area contributed by atoms with Crippen molar-refractivity contribution in [2.24, 2.45) is 0 Å². The van der Waals surface area contributed by atoms with Crippen molar-refractivity contribution in [2.75, 3.05) is 7.11 Å². The summed E-state index contributed by atoms with van der Waals surface area (Å²) in [5, 5.41) is 0.687. The summed E-state index contributed by atoms with van der Waals surface area (Å²) < 4.78 is 6.03. The largest absolute Gasteiger partial charge is 0.453 e. The first-order valence-corrected chi connectivity index (χ1v) is 7.94. The van der Waals surface area contributed by atoms with E-state index in [0.29, 0.717) is 5.02 Å². The van der Waals surface area contributed by atoms with Gasteiger partial charge in [0.2, 0.25) is 0 Å². The van der Waals surface area contributed by atoms with E-state index < -0.39 is 5.54 Å². The maximum atomic E-state index is 12.3. The predicted molar refractivity (Wildman–Crippen MR) is 88.8 cm³/mol. The summed E-state index contributed by atoms with van der Waals surface area (Å²) in [7, 11) is 1.41. The highest BCUT2D eigenvalue weighted by atomic mass is 79.9. The van der Waals surface area contributed by atoms with E-state index in [1.807, 2.05) is 38.1 Å². The molecule has 0 N–H and O–H groups in total. The van der Waals surface area contributed by atoms with Crippen molar-refractivity contribution in [1.82, 2.24) is 4.90 Å². The van der Waals surface area contributed by atoms with E-state index >= 15 is 0 Å². The van der Waals surface area contributed by atoms with E-state index in [9.17, 15) is 4.79 Å². The van der Waals surface area contributed by atoms with Gasteiger partial charge >= 0.3 is 6.09 Å². The number of carbonyl (C=O) groups excluding carboxylic acids is 1. The Morgan fingerprint density at radius 3 is 2.48 bits per heavy atom. The van der Waals surface area contributed by atoms with E-state index in [-0.39, 0.29) is 12.1 Å². The molecule has 0 saturated heterocycles. The van der Waals surface area contributed by atoms with Gasteiger partial charge in [-0.15, -0.1) is 0 Å². The molecule has 1 heterocycles. The van der Waals surface area contributed by atoms with E-state index in [1.165, 1.54) is 12.7 Å². The number of hydrogen-bond donors (Lipinski definition) is 0. The van der Waals surface area contributed by atoms with Crippen molar-refractivity contribution in [3.05, 3.63) is 44.9 Å². The average molecular weight is 373 g/mol. The van der Waals surface area contributed by atoms with Crippen LogP contribution in [0.5, 0.6) is 0 Å². The molecule has 1 unspecified atom stereocenters. The number of carbonyl (C=O) groups is 1. The minimum Gasteiger partial charge on any atom is -0.453 e. The first kappa shape index (κ1) is 16.4. The molecule has 1 aliphatic rings. The molecule has 114 valence electrons. The molecule has 0 spiro atoms. The molecular formula is C16H19BrClNO2. The van der Waals surface area contributed by atoms with Crippen LogP contribution in [0.25, 0.3) is 0 Å². The molecule has 3 nitrogen and oxygen atoms in total. The molecule has 1 aliphatic heterocycles. The Morgan fingerprint density at radius 1 is 1.38 bits per heavy atom. The fourth-order valence-corrected chi connectivity index (χ4v) is 3.37. The molecular weight excluding hydrogens is 354 g/mol. The summed E-state index contributed by atoms with van der Waals surface area (Å²) >= 11 is 9.60. The summed E-state index contributed by atoms with van der Waals surface area (Å²) in [5.41, 5.74) is 1.83. The molecule has 1 aromatic carbocycles. The Balaban J connectivity index is 2.52. The standard InChI is InChI=1S/C16H19BrClNO2/c1-10-9-13(11-5-7-12(18)8-6-11)19(15(20)21-4)16(2,3)14(10)17/h5-8,13H,9H2,1-4H3. The highest BCUT2D eigenvalue weighted by molar-refractivity contribution is 9.11. The van der Waals surface area contributed by atoms with Gasteiger partial charge in [-0.2, -0.15) is 0 Å². The molecule has 1 aromatic rings. The van der Waals surface area contributed by atoms with E-state index in [0.717, 1.165) is 16.5 Å². The Bertz CT molecular complexity index is 580. The first-order chi connectivity index (χ1) is 9.78. The second kappa shape index (κ2) is 6.01. The van der Waals surface area contributed by atoms with E-state index in [2.05, 4.69) is 22.9 Å². The summed E-state index contributed by atoms with van der Waals surface area (Å²) in [6, 6.07) is 7.56. The predicted octanol–water partition coefficient (Wildman–Crippen LogP) is 5.30.